The van der Waals surface area contributed by atoms with Gasteiger partial charge in [0.1, 0.15) is 5.00 Å². The maximum Gasteiger partial charge on any atom is 0.341 e. The van der Waals surface area contributed by atoms with Crippen LogP contribution in [0.2, 0.25) is 0 Å². The van der Waals surface area contributed by atoms with E-state index in [1.165, 1.54) is 34.4 Å². The molecule has 4 aromatic rings. The summed E-state index contributed by atoms with van der Waals surface area (Å²) in [5, 5.41) is 17.4. The van der Waals surface area contributed by atoms with Crippen molar-refractivity contribution < 1.29 is 19.1 Å². The fraction of sp³-hybridized carbons (Fsp3) is 0.296. The highest BCUT2D eigenvalue weighted by Crippen LogP contribution is 2.38. The van der Waals surface area contributed by atoms with Crippen molar-refractivity contribution in [2.24, 2.45) is 0 Å². The number of carbonyl (C=O) groups is 3. The second kappa shape index (κ2) is 13.1. The van der Waals surface area contributed by atoms with Crippen LogP contribution in [-0.4, -0.2) is 44.9 Å². The summed E-state index contributed by atoms with van der Waals surface area (Å²) in [7, 11) is 0. The minimum atomic E-state index is -0.394. The number of anilines is 1. The fourth-order valence-corrected chi connectivity index (χ4v) is 7.35. The van der Waals surface area contributed by atoms with Crippen LogP contribution in [0, 0.1) is 0 Å². The molecule has 9 nitrogen and oxygen atoms in total. The van der Waals surface area contributed by atoms with Gasteiger partial charge in [-0.3, -0.25) is 14.2 Å². The van der Waals surface area contributed by atoms with E-state index in [2.05, 4.69) is 36.8 Å². The van der Waals surface area contributed by atoms with Crippen LogP contribution < -0.4 is 10.6 Å². The Morgan fingerprint density at radius 3 is 2.67 bits per heavy atom. The van der Waals surface area contributed by atoms with Gasteiger partial charge in [0.05, 0.1) is 29.3 Å². The van der Waals surface area contributed by atoms with Gasteiger partial charge in [0.25, 0.3) is 5.91 Å². The molecule has 2 N–H and O–H groups in total. The van der Waals surface area contributed by atoms with Gasteiger partial charge in [-0.05, 0) is 73.9 Å². The zero-order chi connectivity index (χ0) is 28.1. The van der Waals surface area contributed by atoms with Crippen molar-refractivity contribution >= 4 is 73.2 Å². The van der Waals surface area contributed by atoms with Crippen molar-refractivity contribution in [1.82, 2.24) is 20.1 Å². The van der Waals surface area contributed by atoms with Crippen LogP contribution in [0.15, 0.2) is 51.4 Å². The fourth-order valence-electron chi connectivity index (χ4n) is 4.38. The second-order valence-corrected chi connectivity index (χ2v) is 12.8. The van der Waals surface area contributed by atoms with Crippen molar-refractivity contribution in [3.05, 3.63) is 73.0 Å². The number of amides is 2. The summed E-state index contributed by atoms with van der Waals surface area (Å²) in [6, 6.07) is 11.2. The number of carbonyl (C=O) groups excluding carboxylic acids is 3. The number of ether oxygens (including phenoxy) is 1. The van der Waals surface area contributed by atoms with E-state index in [-0.39, 0.29) is 30.7 Å². The Hall–Kier alpha value is -3.00. The third-order valence-corrected chi connectivity index (χ3v) is 9.71. The number of fused-ring (bicyclic) bond motifs is 1. The van der Waals surface area contributed by atoms with Gasteiger partial charge in [-0.25, -0.2) is 4.79 Å². The van der Waals surface area contributed by atoms with E-state index >= 15 is 0 Å². The number of thioether (sulfide) groups is 1. The molecule has 208 valence electrons. The van der Waals surface area contributed by atoms with E-state index in [0.717, 1.165) is 46.3 Å². The Kier molecular flexibility index (Phi) is 9.35. The van der Waals surface area contributed by atoms with E-state index < -0.39 is 5.97 Å². The van der Waals surface area contributed by atoms with Crippen LogP contribution >= 0.6 is 50.4 Å². The molecule has 0 aliphatic heterocycles. The normalized spacial score (nSPS) is 12.6. The number of hydrogen-bond donors (Lipinski definition) is 2. The van der Waals surface area contributed by atoms with Crippen LogP contribution in [0.3, 0.4) is 0 Å². The van der Waals surface area contributed by atoms with Crippen LogP contribution in [0.1, 0.15) is 56.1 Å². The highest BCUT2D eigenvalue weighted by atomic mass is 79.9. The molecule has 0 fully saturated rings. The summed E-state index contributed by atoms with van der Waals surface area (Å²) in [5.74, 6) is -0.252. The SMILES string of the molecule is CCOC(=O)c1c(NC(=O)CSc2nnc(CNC(=O)c3cccs3)n2-c2ccc(Br)cc2)sc2c1CCCC2. The summed E-state index contributed by atoms with van der Waals surface area (Å²) >= 11 is 7.51. The molecule has 3 aromatic heterocycles. The third-order valence-electron chi connectivity index (χ3n) is 6.17. The Balaban J connectivity index is 1.33. The smallest absolute Gasteiger partial charge is 0.341 e. The summed E-state index contributed by atoms with van der Waals surface area (Å²) in [6.07, 6.45) is 3.80. The topological polar surface area (TPSA) is 115 Å². The average molecular weight is 661 g/mol. The number of esters is 1. The first-order chi connectivity index (χ1) is 19.4. The predicted octanol–water partition coefficient (Wildman–Crippen LogP) is 5.87. The van der Waals surface area contributed by atoms with E-state index in [4.69, 9.17) is 4.74 Å². The first-order valence-electron chi connectivity index (χ1n) is 12.7. The lowest BCUT2D eigenvalue weighted by Crippen LogP contribution is -2.24. The first-order valence-corrected chi connectivity index (χ1v) is 16.2. The van der Waals surface area contributed by atoms with Crippen molar-refractivity contribution in [3.63, 3.8) is 0 Å². The van der Waals surface area contributed by atoms with E-state index in [9.17, 15) is 14.4 Å². The molecule has 0 spiro atoms. The highest BCUT2D eigenvalue weighted by Gasteiger charge is 2.27. The number of aromatic nitrogens is 3. The standard InChI is InChI=1S/C27H26BrN5O4S3/c1-2-37-26(36)23-18-6-3-4-7-19(18)40-25(23)30-22(34)15-39-27-32-31-21(14-29-24(35)20-8-5-13-38-20)33(27)17-11-9-16(28)10-12-17/h5,8-13H,2-4,6-7,14-15H2,1H3,(H,29,35)(H,30,34). The first kappa shape index (κ1) is 28.5. The highest BCUT2D eigenvalue weighted by molar-refractivity contribution is 9.10. The van der Waals surface area contributed by atoms with Gasteiger partial charge in [0.15, 0.2) is 11.0 Å². The van der Waals surface area contributed by atoms with Gasteiger partial charge in [0, 0.05) is 15.0 Å². The van der Waals surface area contributed by atoms with Crippen molar-refractivity contribution in [2.45, 2.75) is 44.3 Å². The molecule has 1 aliphatic rings. The molecule has 1 aromatic carbocycles. The zero-order valence-corrected chi connectivity index (χ0v) is 25.6. The Bertz CT molecular complexity index is 1520. The zero-order valence-electron chi connectivity index (χ0n) is 21.6. The number of thiophene rings is 2. The summed E-state index contributed by atoms with van der Waals surface area (Å²) in [5.41, 5.74) is 2.29. The van der Waals surface area contributed by atoms with E-state index in [1.54, 1.807) is 13.0 Å². The number of benzene rings is 1. The van der Waals surface area contributed by atoms with Gasteiger partial charge < -0.3 is 15.4 Å². The molecule has 5 rings (SSSR count). The molecule has 0 saturated heterocycles. The lowest BCUT2D eigenvalue weighted by molar-refractivity contribution is -0.113. The van der Waals surface area contributed by atoms with Crippen LogP contribution in [0.5, 0.6) is 0 Å². The minimum absolute atomic E-state index is 0.0566. The molecule has 0 radical (unpaired) electrons. The number of aryl methyl sites for hydroxylation is 1. The van der Waals surface area contributed by atoms with Gasteiger partial charge in [-0.15, -0.1) is 32.9 Å². The average Bonchev–Trinajstić information content (AvgIpc) is 3.70. The van der Waals surface area contributed by atoms with Crippen LogP contribution in [0.4, 0.5) is 5.00 Å². The summed E-state index contributed by atoms with van der Waals surface area (Å²) in [6.45, 7) is 2.21. The molecule has 3 heterocycles. The number of hydrogen-bond acceptors (Lipinski definition) is 9. The molecule has 0 atom stereocenters. The van der Waals surface area contributed by atoms with E-state index in [1.807, 2.05) is 40.3 Å². The van der Waals surface area contributed by atoms with E-state index in [0.29, 0.717) is 26.4 Å². The van der Waals surface area contributed by atoms with Crippen molar-refractivity contribution in [3.8, 4) is 5.69 Å². The maximum atomic E-state index is 13.1. The van der Waals surface area contributed by atoms with Crippen LogP contribution in [0.25, 0.3) is 5.69 Å². The molecule has 0 bridgehead atoms. The van der Waals surface area contributed by atoms with Crippen molar-refractivity contribution in [1.29, 1.82) is 0 Å². The monoisotopic (exact) mass is 659 g/mol. The minimum Gasteiger partial charge on any atom is -0.462 e. The number of halogens is 1. The molecule has 0 saturated carbocycles. The quantitative estimate of drug-likeness (QED) is 0.162. The largest absolute Gasteiger partial charge is 0.462 e. The Morgan fingerprint density at radius 2 is 1.93 bits per heavy atom. The molecular formula is C27H26BrN5O4S3. The van der Waals surface area contributed by atoms with Gasteiger partial charge >= 0.3 is 5.97 Å². The summed E-state index contributed by atoms with van der Waals surface area (Å²) in [4.78, 5) is 40.1. The molecule has 1 aliphatic carbocycles. The van der Waals surface area contributed by atoms with Gasteiger partial charge in [-0.2, -0.15) is 0 Å². The molecule has 13 heteroatoms. The lowest BCUT2D eigenvalue weighted by Gasteiger charge is -2.12. The lowest BCUT2D eigenvalue weighted by atomic mass is 9.95. The molecule has 2 amide bonds. The van der Waals surface area contributed by atoms with Gasteiger partial charge in [0.2, 0.25) is 5.91 Å². The predicted molar refractivity (Wildman–Crippen MR) is 161 cm³/mol. The third kappa shape index (κ3) is 6.48. The molecule has 0 unspecified atom stereocenters. The molecular weight excluding hydrogens is 634 g/mol. The number of nitrogens with one attached hydrogen (secondary N) is 2. The maximum absolute atomic E-state index is 13.1. The Labute approximate surface area is 251 Å². The Morgan fingerprint density at radius 1 is 1.12 bits per heavy atom. The van der Waals surface area contributed by atoms with Crippen LogP contribution in [-0.2, 0) is 28.9 Å². The molecule has 40 heavy (non-hydrogen) atoms. The number of rotatable bonds is 10. The summed E-state index contributed by atoms with van der Waals surface area (Å²) < 4.78 is 8.04. The van der Waals surface area contributed by atoms with Gasteiger partial charge in [-0.1, -0.05) is 33.8 Å². The number of nitrogens with zero attached hydrogens (tertiary/aromatic N) is 3. The van der Waals surface area contributed by atoms with Crippen molar-refractivity contribution in [2.75, 3.05) is 17.7 Å². The second-order valence-electron chi connectivity index (χ2n) is 8.84.